The van der Waals surface area contributed by atoms with E-state index in [0.717, 1.165) is 29.7 Å². The van der Waals surface area contributed by atoms with Gasteiger partial charge < -0.3 is 9.64 Å². The van der Waals surface area contributed by atoms with Crippen molar-refractivity contribution >= 4 is 15.7 Å². The Bertz CT molecular complexity index is 1230. The fourth-order valence-electron chi connectivity index (χ4n) is 4.12. The van der Waals surface area contributed by atoms with E-state index in [0.29, 0.717) is 28.5 Å². The summed E-state index contributed by atoms with van der Waals surface area (Å²) in [5.41, 5.74) is 3.29. The largest absolute Gasteiger partial charge is 0.497 e. The molecule has 1 unspecified atom stereocenters. The monoisotopic (exact) mass is 477 g/mol. The summed E-state index contributed by atoms with van der Waals surface area (Å²) in [5.74, 6) is 1.18. The van der Waals surface area contributed by atoms with Crippen LogP contribution in [0.2, 0.25) is 0 Å². The van der Waals surface area contributed by atoms with Gasteiger partial charge >= 0.3 is 0 Å². The number of carbonyl (C=O) groups is 1. The first-order valence-electron chi connectivity index (χ1n) is 11.6. The predicted octanol–water partition coefficient (Wildman–Crippen LogP) is 5.42. The van der Waals surface area contributed by atoms with Crippen molar-refractivity contribution in [3.8, 4) is 5.75 Å². The quantitative estimate of drug-likeness (QED) is 0.413. The van der Waals surface area contributed by atoms with E-state index in [1.54, 1.807) is 55.6 Å². The normalized spacial score (nSPS) is 14.4. The predicted molar refractivity (Wildman–Crippen MR) is 134 cm³/mol. The molecule has 6 heteroatoms. The summed E-state index contributed by atoms with van der Waals surface area (Å²) < 4.78 is 30.8. The van der Waals surface area contributed by atoms with Gasteiger partial charge in [-0.3, -0.25) is 4.79 Å². The Kier molecular flexibility index (Phi) is 7.08. The van der Waals surface area contributed by atoms with Crippen LogP contribution in [0.4, 0.5) is 0 Å². The first-order chi connectivity index (χ1) is 16.3. The molecule has 4 rings (SSSR count). The Labute approximate surface area is 202 Å². The molecular weight excluding hydrogens is 446 g/mol. The number of hydrogen-bond acceptors (Lipinski definition) is 4. The lowest BCUT2D eigenvalue weighted by Gasteiger charge is -2.30. The van der Waals surface area contributed by atoms with E-state index in [2.05, 4.69) is 6.92 Å². The van der Waals surface area contributed by atoms with Gasteiger partial charge in [0.25, 0.3) is 5.91 Å². The van der Waals surface area contributed by atoms with Gasteiger partial charge in [0.15, 0.2) is 9.84 Å². The summed E-state index contributed by atoms with van der Waals surface area (Å²) in [4.78, 5) is 15.7. The van der Waals surface area contributed by atoms with Crippen LogP contribution in [-0.2, 0) is 22.1 Å². The van der Waals surface area contributed by atoms with Crippen LogP contribution < -0.4 is 4.74 Å². The van der Waals surface area contributed by atoms with Gasteiger partial charge in [-0.05, 0) is 80.1 Å². The summed E-state index contributed by atoms with van der Waals surface area (Å²) in [6.07, 6.45) is 2.28. The van der Waals surface area contributed by atoms with E-state index in [1.165, 1.54) is 0 Å². The van der Waals surface area contributed by atoms with Crippen LogP contribution in [0.15, 0.2) is 77.7 Å². The van der Waals surface area contributed by atoms with Crippen molar-refractivity contribution in [2.24, 2.45) is 5.92 Å². The minimum Gasteiger partial charge on any atom is -0.497 e. The number of methoxy groups -OCH3 is 1. The van der Waals surface area contributed by atoms with Crippen LogP contribution in [0.3, 0.4) is 0 Å². The fourth-order valence-corrected chi connectivity index (χ4v) is 5.47. The molecule has 3 aromatic carbocycles. The van der Waals surface area contributed by atoms with Gasteiger partial charge in [0.2, 0.25) is 0 Å². The van der Waals surface area contributed by atoms with Crippen LogP contribution in [0.25, 0.3) is 0 Å². The summed E-state index contributed by atoms with van der Waals surface area (Å²) in [5, 5.41) is 0. The molecule has 1 fully saturated rings. The average molecular weight is 478 g/mol. The van der Waals surface area contributed by atoms with Gasteiger partial charge in [0.1, 0.15) is 5.75 Å². The minimum atomic E-state index is -3.45. The highest BCUT2D eigenvalue weighted by Crippen LogP contribution is 2.36. The van der Waals surface area contributed by atoms with E-state index < -0.39 is 9.84 Å². The molecule has 1 atom stereocenters. The Hall–Kier alpha value is -3.12. The van der Waals surface area contributed by atoms with E-state index in [1.807, 2.05) is 36.1 Å². The van der Waals surface area contributed by atoms with Gasteiger partial charge in [-0.15, -0.1) is 0 Å². The molecule has 5 nitrogen and oxygen atoms in total. The molecule has 0 bridgehead atoms. The maximum absolute atomic E-state index is 13.5. The molecule has 1 aliphatic carbocycles. The molecule has 0 N–H and O–H groups in total. The molecule has 0 aromatic heterocycles. The maximum Gasteiger partial charge on any atom is 0.254 e. The number of sulfone groups is 1. The SMILES string of the molecule is COc1ccc(CN(C(=O)c2ccc(CS(=O)(=O)c3ccc(C)cc3)cc2)C(C)C2CC2)cc1. The van der Waals surface area contributed by atoms with Crippen molar-refractivity contribution in [2.45, 2.75) is 49.9 Å². The Balaban J connectivity index is 1.50. The molecule has 1 amide bonds. The van der Waals surface area contributed by atoms with Crippen LogP contribution >= 0.6 is 0 Å². The summed E-state index contributed by atoms with van der Waals surface area (Å²) in [6, 6.07) is 21.8. The zero-order valence-corrected chi connectivity index (χ0v) is 20.7. The van der Waals surface area contributed by atoms with E-state index in [9.17, 15) is 13.2 Å². The summed E-state index contributed by atoms with van der Waals surface area (Å²) in [6.45, 7) is 4.56. The first-order valence-corrected chi connectivity index (χ1v) is 13.2. The number of nitrogens with zero attached hydrogens (tertiary/aromatic N) is 1. The first kappa shape index (κ1) is 24.0. The van der Waals surface area contributed by atoms with Gasteiger partial charge in [0.05, 0.1) is 17.8 Å². The number of carbonyl (C=O) groups excluding carboxylic acids is 1. The van der Waals surface area contributed by atoms with Crippen molar-refractivity contribution in [3.63, 3.8) is 0 Å². The maximum atomic E-state index is 13.5. The molecule has 0 heterocycles. The summed E-state index contributed by atoms with van der Waals surface area (Å²) >= 11 is 0. The molecule has 178 valence electrons. The highest BCUT2D eigenvalue weighted by molar-refractivity contribution is 7.90. The molecule has 0 aliphatic heterocycles. The van der Waals surface area contributed by atoms with Crippen molar-refractivity contribution < 1.29 is 17.9 Å². The third-order valence-electron chi connectivity index (χ3n) is 6.51. The Morgan fingerprint density at radius 3 is 2.09 bits per heavy atom. The van der Waals surface area contributed by atoms with Crippen LogP contribution in [0, 0.1) is 12.8 Å². The fraction of sp³-hybridized carbons (Fsp3) is 0.321. The highest BCUT2D eigenvalue weighted by Gasteiger charge is 2.34. The topological polar surface area (TPSA) is 63.7 Å². The lowest BCUT2D eigenvalue weighted by atomic mass is 10.1. The lowest BCUT2D eigenvalue weighted by molar-refractivity contribution is 0.0654. The molecule has 3 aromatic rings. The Morgan fingerprint density at radius 1 is 0.941 bits per heavy atom. The number of aryl methyl sites for hydroxylation is 1. The third kappa shape index (κ3) is 5.68. The van der Waals surface area contributed by atoms with Crippen molar-refractivity contribution in [2.75, 3.05) is 7.11 Å². The number of rotatable bonds is 9. The van der Waals surface area contributed by atoms with Crippen LogP contribution in [0.1, 0.15) is 46.8 Å². The van der Waals surface area contributed by atoms with E-state index in [-0.39, 0.29) is 17.7 Å². The van der Waals surface area contributed by atoms with E-state index >= 15 is 0 Å². The van der Waals surface area contributed by atoms with Crippen molar-refractivity contribution in [1.82, 2.24) is 4.90 Å². The third-order valence-corrected chi connectivity index (χ3v) is 8.21. The lowest BCUT2D eigenvalue weighted by Crippen LogP contribution is -2.39. The second-order valence-corrected chi connectivity index (χ2v) is 11.1. The second kappa shape index (κ2) is 10.0. The number of benzene rings is 3. The molecular formula is C28H31NO4S. The smallest absolute Gasteiger partial charge is 0.254 e. The van der Waals surface area contributed by atoms with Crippen LogP contribution in [0.5, 0.6) is 5.75 Å². The second-order valence-electron chi connectivity index (χ2n) is 9.13. The number of amides is 1. The average Bonchev–Trinajstić information content (AvgIpc) is 3.68. The molecule has 1 saturated carbocycles. The van der Waals surface area contributed by atoms with Gasteiger partial charge in [-0.2, -0.15) is 0 Å². The summed E-state index contributed by atoms with van der Waals surface area (Å²) in [7, 11) is -1.81. The van der Waals surface area contributed by atoms with E-state index in [4.69, 9.17) is 4.74 Å². The van der Waals surface area contributed by atoms with Gasteiger partial charge in [-0.25, -0.2) is 8.42 Å². The van der Waals surface area contributed by atoms with Gasteiger partial charge in [0, 0.05) is 18.2 Å². The molecule has 0 saturated heterocycles. The molecule has 0 spiro atoms. The molecule has 0 radical (unpaired) electrons. The molecule has 34 heavy (non-hydrogen) atoms. The standard InChI is InChI=1S/C28H31NO4S/c1-20-4-16-27(17-5-20)34(31,32)19-23-6-10-25(11-7-23)28(30)29(21(2)24-12-13-24)18-22-8-14-26(33-3)15-9-22/h4-11,14-17,21,24H,12-13,18-19H2,1-3H3. The Morgan fingerprint density at radius 2 is 1.53 bits per heavy atom. The van der Waals surface area contributed by atoms with Crippen molar-refractivity contribution in [1.29, 1.82) is 0 Å². The number of hydrogen-bond donors (Lipinski definition) is 0. The molecule has 1 aliphatic rings. The number of ether oxygens (including phenoxy) is 1. The van der Waals surface area contributed by atoms with Gasteiger partial charge in [-0.1, -0.05) is 42.0 Å². The van der Waals surface area contributed by atoms with Crippen molar-refractivity contribution in [3.05, 3.63) is 95.1 Å². The van der Waals surface area contributed by atoms with Crippen LogP contribution in [-0.4, -0.2) is 32.4 Å². The zero-order valence-electron chi connectivity index (χ0n) is 19.9. The highest BCUT2D eigenvalue weighted by atomic mass is 32.2. The minimum absolute atomic E-state index is 0.0387. The zero-order chi connectivity index (χ0) is 24.3.